The van der Waals surface area contributed by atoms with Crippen LogP contribution in [-0.4, -0.2) is 10.9 Å². The molecule has 0 atom stereocenters. The molecule has 0 spiro atoms. The second kappa shape index (κ2) is 7.13. The fraction of sp³-hybridized carbons (Fsp3) is 0.100. The van der Waals surface area contributed by atoms with E-state index in [1.54, 1.807) is 18.3 Å². The molecule has 2 aromatic carbocycles. The summed E-state index contributed by atoms with van der Waals surface area (Å²) < 4.78 is 12.9. The number of anilines is 3. The van der Waals surface area contributed by atoms with Crippen molar-refractivity contribution in [1.82, 2.24) is 4.98 Å². The molecule has 2 N–H and O–H groups in total. The Kier molecular flexibility index (Phi) is 4.75. The van der Waals surface area contributed by atoms with Crippen molar-refractivity contribution in [3.05, 3.63) is 83.4 Å². The van der Waals surface area contributed by atoms with Gasteiger partial charge in [0, 0.05) is 11.4 Å². The van der Waals surface area contributed by atoms with Gasteiger partial charge in [-0.05, 0) is 67.4 Å². The molecule has 3 aromatic rings. The first-order chi connectivity index (χ1) is 12.0. The fourth-order valence-corrected chi connectivity index (χ4v) is 2.37. The highest BCUT2D eigenvalue weighted by Crippen LogP contribution is 2.22. The van der Waals surface area contributed by atoms with Crippen LogP contribution in [0.2, 0.25) is 0 Å². The topological polar surface area (TPSA) is 54.0 Å². The Hall–Kier alpha value is -3.21. The van der Waals surface area contributed by atoms with E-state index in [9.17, 15) is 9.18 Å². The lowest BCUT2D eigenvalue weighted by atomic mass is 10.1. The summed E-state index contributed by atoms with van der Waals surface area (Å²) in [6, 6.07) is 15.1. The number of amides is 1. The summed E-state index contributed by atoms with van der Waals surface area (Å²) in [5.74, 6) is -0.692. The summed E-state index contributed by atoms with van der Waals surface area (Å²) in [5, 5.41) is 5.98. The maximum atomic E-state index is 12.9. The predicted octanol–water partition coefficient (Wildman–Crippen LogP) is 4.83. The summed E-state index contributed by atoms with van der Waals surface area (Å²) in [6.07, 6.45) is 1.61. The van der Waals surface area contributed by atoms with E-state index in [-0.39, 0.29) is 17.4 Å². The number of hydrogen-bond donors (Lipinski definition) is 2. The molecule has 126 valence electrons. The van der Waals surface area contributed by atoms with Crippen LogP contribution in [0.1, 0.15) is 21.6 Å². The minimum Gasteiger partial charge on any atom is -0.354 e. The van der Waals surface area contributed by atoms with Gasteiger partial charge < -0.3 is 10.6 Å². The Morgan fingerprint density at radius 1 is 0.960 bits per heavy atom. The third kappa shape index (κ3) is 4.01. The molecular formula is C20H18FN3O. The van der Waals surface area contributed by atoms with Crippen molar-refractivity contribution in [2.45, 2.75) is 13.8 Å². The van der Waals surface area contributed by atoms with Gasteiger partial charge in [0.15, 0.2) is 0 Å². The van der Waals surface area contributed by atoms with Gasteiger partial charge in [0.25, 0.3) is 5.91 Å². The number of halogens is 1. The number of nitrogens with zero attached hydrogens (tertiary/aromatic N) is 1. The molecule has 5 heteroatoms. The number of benzene rings is 2. The first kappa shape index (κ1) is 16.6. The quantitative estimate of drug-likeness (QED) is 0.718. The van der Waals surface area contributed by atoms with E-state index in [0.717, 1.165) is 11.4 Å². The normalized spacial score (nSPS) is 10.4. The minimum absolute atomic E-state index is 0.288. The molecule has 0 unspecified atom stereocenters. The molecule has 25 heavy (non-hydrogen) atoms. The molecule has 0 radical (unpaired) electrons. The van der Waals surface area contributed by atoms with Crippen molar-refractivity contribution in [2.24, 2.45) is 0 Å². The second-order valence-corrected chi connectivity index (χ2v) is 5.77. The van der Waals surface area contributed by atoms with Gasteiger partial charge >= 0.3 is 0 Å². The zero-order valence-electron chi connectivity index (χ0n) is 14.0. The summed E-state index contributed by atoms with van der Waals surface area (Å²) in [6.45, 7) is 4.11. The van der Waals surface area contributed by atoms with Crippen LogP contribution >= 0.6 is 0 Å². The standard InChI is InChI=1S/C20H18FN3O/c1-13-4-3-5-18(14(13)2)23-17-10-11-19(22-12-17)20(25)24-16-8-6-15(21)7-9-16/h3-12,23H,1-2H3,(H,24,25). The molecule has 0 fully saturated rings. The van der Waals surface area contributed by atoms with Crippen LogP contribution in [-0.2, 0) is 0 Å². The third-order valence-corrected chi connectivity index (χ3v) is 3.98. The number of aryl methyl sites for hydroxylation is 1. The second-order valence-electron chi connectivity index (χ2n) is 5.77. The van der Waals surface area contributed by atoms with Gasteiger partial charge in [0.1, 0.15) is 11.5 Å². The van der Waals surface area contributed by atoms with E-state index in [4.69, 9.17) is 0 Å². The van der Waals surface area contributed by atoms with E-state index >= 15 is 0 Å². The minimum atomic E-state index is -0.349. The molecule has 1 amide bonds. The smallest absolute Gasteiger partial charge is 0.274 e. The van der Waals surface area contributed by atoms with Gasteiger partial charge in [-0.25, -0.2) is 9.37 Å². The SMILES string of the molecule is Cc1cccc(Nc2ccc(C(=O)Nc3ccc(F)cc3)nc2)c1C. The fourth-order valence-electron chi connectivity index (χ4n) is 2.37. The van der Waals surface area contributed by atoms with E-state index in [2.05, 4.69) is 35.5 Å². The van der Waals surface area contributed by atoms with Crippen LogP contribution < -0.4 is 10.6 Å². The van der Waals surface area contributed by atoms with E-state index in [1.807, 2.05) is 12.1 Å². The molecule has 1 aromatic heterocycles. The lowest BCUT2D eigenvalue weighted by Crippen LogP contribution is -2.13. The summed E-state index contributed by atoms with van der Waals surface area (Å²) in [7, 11) is 0. The predicted molar refractivity (Wildman–Crippen MR) is 97.8 cm³/mol. The molecule has 1 heterocycles. The van der Waals surface area contributed by atoms with Crippen molar-refractivity contribution >= 4 is 23.0 Å². The first-order valence-electron chi connectivity index (χ1n) is 7.89. The lowest BCUT2D eigenvalue weighted by molar-refractivity contribution is 0.102. The van der Waals surface area contributed by atoms with E-state index < -0.39 is 0 Å². The van der Waals surface area contributed by atoms with Gasteiger partial charge in [0.05, 0.1) is 11.9 Å². The Balaban J connectivity index is 1.70. The molecular weight excluding hydrogens is 317 g/mol. The highest BCUT2D eigenvalue weighted by Gasteiger charge is 2.08. The van der Waals surface area contributed by atoms with Crippen LogP contribution in [0, 0.1) is 19.7 Å². The number of hydrogen-bond acceptors (Lipinski definition) is 3. The molecule has 0 aliphatic rings. The van der Waals surface area contributed by atoms with E-state index in [1.165, 1.54) is 35.4 Å². The number of carbonyl (C=O) groups is 1. The summed E-state index contributed by atoms with van der Waals surface area (Å²) in [5.41, 5.74) is 4.98. The van der Waals surface area contributed by atoms with Crippen LogP contribution in [0.5, 0.6) is 0 Å². The number of pyridine rings is 1. The van der Waals surface area contributed by atoms with Gasteiger partial charge in [-0.15, -0.1) is 0 Å². The zero-order chi connectivity index (χ0) is 17.8. The summed E-state index contributed by atoms with van der Waals surface area (Å²) >= 11 is 0. The summed E-state index contributed by atoms with van der Waals surface area (Å²) in [4.78, 5) is 16.4. The largest absolute Gasteiger partial charge is 0.354 e. The van der Waals surface area contributed by atoms with Crippen LogP contribution in [0.4, 0.5) is 21.5 Å². The average Bonchev–Trinajstić information content (AvgIpc) is 2.61. The molecule has 0 aliphatic carbocycles. The van der Waals surface area contributed by atoms with Crippen LogP contribution in [0.3, 0.4) is 0 Å². The Morgan fingerprint density at radius 3 is 2.36 bits per heavy atom. The van der Waals surface area contributed by atoms with Crippen molar-refractivity contribution in [3.8, 4) is 0 Å². The van der Waals surface area contributed by atoms with Crippen molar-refractivity contribution in [2.75, 3.05) is 10.6 Å². The van der Waals surface area contributed by atoms with Crippen molar-refractivity contribution in [3.63, 3.8) is 0 Å². The lowest BCUT2D eigenvalue weighted by Gasteiger charge is -2.11. The maximum Gasteiger partial charge on any atom is 0.274 e. The van der Waals surface area contributed by atoms with Gasteiger partial charge in [0.2, 0.25) is 0 Å². The highest BCUT2D eigenvalue weighted by atomic mass is 19.1. The number of carbonyl (C=O) groups excluding carboxylic acids is 1. The Bertz CT molecular complexity index is 890. The van der Waals surface area contributed by atoms with Gasteiger partial charge in [-0.1, -0.05) is 12.1 Å². The molecule has 4 nitrogen and oxygen atoms in total. The molecule has 0 saturated heterocycles. The first-order valence-corrected chi connectivity index (χ1v) is 7.89. The number of rotatable bonds is 4. The number of nitrogens with one attached hydrogen (secondary N) is 2. The maximum absolute atomic E-state index is 12.9. The van der Waals surface area contributed by atoms with Gasteiger partial charge in [-0.3, -0.25) is 4.79 Å². The van der Waals surface area contributed by atoms with Crippen LogP contribution in [0.25, 0.3) is 0 Å². The third-order valence-electron chi connectivity index (χ3n) is 3.98. The molecule has 0 saturated carbocycles. The molecule has 3 rings (SSSR count). The Morgan fingerprint density at radius 2 is 1.68 bits per heavy atom. The zero-order valence-corrected chi connectivity index (χ0v) is 14.0. The van der Waals surface area contributed by atoms with E-state index in [0.29, 0.717) is 5.69 Å². The Labute approximate surface area is 145 Å². The van der Waals surface area contributed by atoms with Crippen LogP contribution in [0.15, 0.2) is 60.8 Å². The monoisotopic (exact) mass is 335 g/mol. The molecule has 0 aliphatic heterocycles. The number of aromatic nitrogens is 1. The molecule has 0 bridgehead atoms. The highest BCUT2D eigenvalue weighted by molar-refractivity contribution is 6.02. The van der Waals surface area contributed by atoms with Crippen molar-refractivity contribution in [1.29, 1.82) is 0 Å². The average molecular weight is 335 g/mol. The van der Waals surface area contributed by atoms with Crippen molar-refractivity contribution < 1.29 is 9.18 Å². The van der Waals surface area contributed by atoms with Gasteiger partial charge in [-0.2, -0.15) is 0 Å².